The maximum Gasteiger partial charge on any atom is 0.126 e. The number of benzene rings is 1. The van der Waals surface area contributed by atoms with Gasteiger partial charge in [-0.25, -0.2) is 0 Å². The Hall–Kier alpha value is -1.73. The summed E-state index contributed by atoms with van der Waals surface area (Å²) in [4.78, 5) is 2.08. The van der Waals surface area contributed by atoms with Crippen LogP contribution in [-0.4, -0.2) is 25.3 Å². The zero-order valence-electron chi connectivity index (χ0n) is 11.2. The van der Waals surface area contributed by atoms with E-state index in [1.165, 1.54) is 0 Å². The Bertz CT molecular complexity index is 424. The summed E-state index contributed by atoms with van der Waals surface area (Å²) < 4.78 is 5.29. The van der Waals surface area contributed by atoms with Crippen molar-refractivity contribution < 1.29 is 9.84 Å². The highest BCUT2D eigenvalue weighted by atomic mass is 16.5. The summed E-state index contributed by atoms with van der Waals surface area (Å²) in [6, 6.07) is 7.83. The summed E-state index contributed by atoms with van der Waals surface area (Å²) in [5.74, 6) is 0.679. The minimum Gasteiger partial charge on any atom is -0.496 e. The van der Waals surface area contributed by atoms with Gasteiger partial charge in [0.2, 0.25) is 0 Å². The molecule has 1 aromatic rings. The van der Waals surface area contributed by atoms with Crippen LogP contribution in [0, 0.1) is 11.3 Å². The van der Waals surface area contributed by atoms with Crippen molar-refractivity contribution in [1.82, 2.24) is 0 Å². The van der Waals surface area contributed by atoms with Gasteiger partial charge in [0.05, 0.1) is 25.7 Å². The van der Waals surface area contributed by atoms with Crippen molar-refractivity contribution in [3.05, 3.63) is 23.8 Å². The Balaban J connectivity index is 3.17. The van der Waals surface area contributed by atoms with Crippen LogP contribution >= 0.6 is 0 Å². The van der Waals surface area contributed by atoms with Gasteiger partial charge in [-0.05, 0) is 26.0 Å². The molecule has 0 aliphatic rings. The first-order valence-electron chi connectivity index (χ1n) is 6.12. The van der Waals surface area contributed by atoms with E-state index in [0.717, 1.165) is 17.8 Å². The number of aliphatic hydroxyl groups is 1. The molecule has 18 heavy (non-hydrogen) atoms. The first-order valence-corrected chi connectivity index (χ1v) is 6.12. The van der Waals surface area contributed by atoms with Crippen molar-refractivity contribution in [2.24, 2.45) is 0 Å². The third-order valence-corrected chi connectivity index (χ3v) is 2.90. The molecule has 4 nitrogen and oxygen atoms in total. The van der Waals surface area contributed by atoms with E-state index in [1.54, 1.807) is 14.0 Å². The van der Waals surface area contributed by atoms with Gasteiger partial charge in [-0.2, -0.15) is 5.26 Å². The number of hydrogen-bond donors (Lipinski definition) is 1. The Morgan fingerprint density at radius 3 is 2.72 bits per heavy atom. The summed E-state index contributed by atoms with van der Waals surface area (Å²) >= 11 is 0. The van der Waals surface area contributed by atoms with Crippen molar-refractivity contribution in [2.45, 2.75) is 26.4 Å². The van der Waals surface area contributed by atoms with Gasteiger partial charge in [0.1, 0.15) is 5.75 Å². The molecular formula is C14H20N2O2. The third-order valence-electron chi connectivity index (χ3n) is 2.90. The lowest BCUT2D eigenvalue weighted by atomic mass is 10.1. The van der Waals surface area contributed by atoms with Gasteiger partial charge in [0.15, 0.2) is 0 Å². The lowest BCUT2D eigenvalue weighted by Crippen LogP contribution is -2.25. The topological polar surface area (TPSA) is 56.5 Å². The lowest BCUT2D eigenvalue weighted by Gasteiger charge is -2.27. The van der Waals surface area contributed by atoms with Gasteiger partial charge >= 0.3 is 0 Å². The van der Waals surface area contributed by atoms with E-state index in [-0.39, 0.29) is 0 Å². The number of methoxy groups -OCH3 is 1. The first kappa shape index (κ1) is 14.3. The first-order chi connectivity index (χ1) is 8.65. The molecule has 0 heterocycles. The summed E-state index contributed by atoms with van der Waals surface area (Å²) in [6.07, 6.45) is -0.142. The maximum atomic E-state index is 9.91. The molecule has 0 amide bonds. The Labute approximate surface area is 108 Å². The highest BCUT2D eigenvalue weighted by molar-refractivity contribution is 5.60. The van der Waals surface area contributed by atoms with Gasteiger partial charge in [0.25, 0.3) is 0 Å². The van der Waals surface area contributed by atoms with E-state index < -0.39 is 6.10 Å². The summed E-state index contributed by atoms with van der Waals surface area (Å²) in [6.45, 7) is 5.19. The second-order valence-corrected chi connectivity index (χ2v) is 4.06. The molecule has 0 aliphatic carbocycles. The van der Waals surface area contributed by atoms with Gasteiger partial charge in [-0.3, -0.25) is 0 Å². The molecule has 0 saturated heterocycles. The van der Waals surface area contributed by atoms with E-state index in [2.05, 4.69) is 11.0 Å². The molecule has 0 radical (unpaired) electrons. The molecule has 0 unspecified atom stereocenters. The van der Waals surface area contributed by atoms with Crippen molar-refractivity contribution >= 4 is 5.69 Å². The fourth-order valence-corrected chi connectivity index (χ4v) is 2.04. The van der Waals surface area contributed by atoms with Gasteiger partial charge in [-0.1, -0.05) is 6.07 Å². The predicted molar refractivity (Wildman–Crippen MR) is 71.7 cm³/mol. The molecule has 98 valence electrons. The fourth-order valence-electron chi connectivity index (χ4n) is 2.04. The second kappa shape index (κ2) is 6.87. The van der Waals surface area contributed by atoms with Crippen LogP contribution in [-0.2, 0) is 0 Å². The molecule has 1 atom stereocenters. The second-order valence-electron chi connectivity index (χ2n) is 4.06. The average Bonchev–Trinajstić information content (AvgIpc) is 2.38. The summed E-state index contributed by atoms with van der Waals surface area (Å²) in [5.41, 5.74) is 1.71. The largest absolute Gasteiger partial charge is 0.496 e. The van der Waals surface area contributed by atoms with Gasteiger partial charge < -0.3 is 14.7 Å². The van der Waals surface area contributed by atoms with Crippen molar-refractivity contribution in [1.29, 1.82) is 5.26 Å². The van der Waals surface area contributed by atoms with Crippen LogP contribution in [0.25, 0.3) is 0 Å². The highest BCUT2D eigenvalue weighted by Crippen LogP contribution is 2.34. The number of rotatable bonds is 6. The van der Waals surface area contributed by atoms with E-state index >= 15 is 0 Å². The number of anilines is 1. The van der Waals surface area contributed by atoms with Crippen molar-refractivity contribution in [3.63, 3.8) is 0 Å². The van der Waals surface area contributed by atoms with Crippen LogP contribution in [0.3, 0.4) is 0 Å². The third kappa shape index (κ3) is 3.14. The van der Waals surface area contributed by atoms with Crippen LogP contribution in [0.4, 0.5) is 5.69 Å². The molecule has 4 heteroatoms. The Kier molecular flexibility index (Phi) is 5.47. The van der Waals surface area contributed by atoms with Crippen molar-refractivity contribution in [3.8, 4) is 11.8 Å². The Morgan fingerprint density at radius 2 is 2.22 bits per heavy atom. The molecular weight excluding hydrogens is 228 g/mol. The SMILES string of the molecule is CCN(CCC#N)c1cccc(OC)c1[C@@H](C)O. The van der Waals surface area contributed by atoms with Crippen LogP contribution in [0.1, 0.15) is 31.9 Å². The lowest BCUT2D eigenvalue weighted by molar-refractivity contribution is 0.194. The Morgan fingerprint density at radius 1 is 1.50 bits per heavy atom. The summed E-state index contributed by atoms with van der Waals surface area (Å²) in [5, 5.41) is 18.6. The van der Waals surface area contributed by atoms with E-state index in [0.29, 0.717) is 18.7 Å². The summed E-state index contributed by atoms with van der Waals surface area (Å²) in [7, 11) is 1.59. The zero-order valence-corrected chi connectivity index (χ0v) is 11.2. The van der Waals surface area contributed by atoms with Crippen LogP contribution in [0.5, 0.6) is 5.75 Å². The highest BCUT2D eigenvalue weighted by Gasteiger charge is 2.17. The van der Waals surface area contributed by atoms with E-state index in [1.807, 2.05) is 25.1 Å². The standard InChI is InChI=1S/C14H20N2O2/c1-4-16(10-6-9-15)12-7-5-8-13(18-3)14(12)11(2)17/h5,7-8,11,17H,4,6,10H2,1-3H3/t11-/m1/s1. The molecule has 0 aromatic heterocycles. The molecule has 1 aromatic carbocycles. The minimum atomic E-state index is -0.604. The van der Waals surface area contributed by atoms with E-state index in [4.69, 9.17) is 10.00 Å². The fraction of sp³-hybridized carbons (Fsp3) is 0.500. The average molecular weight is 248 g/mol. The molecule has 1 N–H and O–H groups in total. The minimum absolute atomic E-state index is 0.463. The molecule has 0 spiro atoms. The van der Waals surface area contributed by atoms with Crippen LogP contribution in [0.2, 0.25) is 0 Å². The van der Waals surface area contributed by atoms with Gasteiger partial charge in [-0.15, -0.1) is 0 Å². The normalized spacial score (nSPS) is 11.7. The quantitative estimate of drug-likeness (QED) is 0.840. The van der Waals surface area contributed by atoms with Crippen LogP contribution in [0.15, 0.2) is 18.2 Å². The number of hydrogen-bond acceptors (Lipinski definition) is 4. The zero-order chi connectivity index (χ0) is 13.5. The maximum absolute atomic E-state index is 9.91. The number of ether oxygens (including phenoxy) is 1. The van der Waals surface area contributed by atoms with Crippen molar-refractivity contribution in [2.75, 3.05) is 25.1 Å². The smallest absolute Gasteiger partial charge is 0.126 e. The molecule has 0 fully saturated rings. The molecule has 1 rings (SSSR count). The monoisotopic (exact) mass is 248 g/mol. The molecule has 0 bridgehead atoms. The van der Waals surface area contributed by atoms with Gasteiger partial charge in [0, 0.05) is 24.3 Å². The molecule has 0 aliphatic heterocycles. The predicted octanol–water partition coefficient (Wildman–Crippen LogP) is 2.49. The van der Waals surface area contributed by atoms with E-state index in [9.17, 15) is 5.11 Å². The number of aliphatic hydroxyl groups excluding tert-OH is 1. The molecule has 0 saturated carbocycles. The number of nitriles is 1. The number of nitrogens with zero attached hydrogens (tertiary/aromatic N) is 2. The van der Waals surface area contributed by atoms with Crippen LogP contribution < -0.4 is 9.64 Å².